The van der Waals surface area contributed by atoms with Crippen LogP contribution >= 0.6 is 15.9 Å². The van der Waals surface area contributed by atoms with Gasteiger partial charge in [0.1, 0.15) is 6.61 Å². The lowest BCUT2D eigenvalue weighted by Gasteiger charge is -2.13. The Hall–Kier alpha value is -3.84. The number of hydrogen-bond acceptors (Lipinski definition) is 4. The number of hydrogen-bond donors (Lipinski definition) is 1. The number of benzene rings is 3. The molecule has 0 bridgehead atoms. The first-order chi connectivity index (χ1) is 17.4. The predicted molar refractivity (Wildman–Crippen MR) is 147 cm³/mol. The van der Waals surface area contributed by atoms with Gasteiger partial charge in [0.2, 0.25) is 0 Å². The van der Waals surface area contributed by atoms with Gasteiger partial charge in [-0.15, -0.1) is 0 Å². The molecule has 1 aromatic heterocycles. The Morgan fingerprint density at radius 2 is 1.61 bits per heavy atom. The van der Waals surface area contributed by atoms with E-state index in [1.54, 1.807) is 31.5 Å². The van der Waals surface area contributed by atoms with E-state index in [1.807, 2.05) is 30.3 Å². The van der Waals surface area contributed by atoms with Crippen LogP contribution in [0.4, 0.5) is 0 Å². The lowest BCUT2D eigenvalue weighted by atomic mass is 10.1. The third-order valence-corrected chi connectivity index (χ3v) is 6.51. The molecule has 0 saturated heterocycles. The summed E-state index contributed by atoms with van der Waals surface area (Å²) in [4.78, 5) is 12.6. The van der Waals surface area contributed by atoms with Gasteiger partial charge in [-0.05, 0) is 90.8 Å². The molecule has 0 aliphatic carbocycles. The number of nitrogens with zero attached hydrogens (tertiary/aromatic N) is 2. The topological polar surface area (TPSA) is 64.8 Å². The molecule has 7 heteroatoms. The average molecular weight is 546 g/mol. The van der Waals surface area contributed by atoms with Crippen molar-refractivity contribution in [1.82, 2.24) is 9.99 Å². The molecule has 1 N–H and O–H groups in total. The molecule has 6 nitrogen and oxygen atoms in total. The number of aryl methyl sites for hydroxylation is 3. The molecule has 0 aliphatic heterocycles. The number of amides is 1. The Morgan fingerprint density at radius 1 is 0.944 bits per heavy atom. The van der Waals surface area contributed by atoms with Crippen LogP contribution < -0.4 is 14.9 Å². The summed E-state index contributed by atoms with van der Waals surface area (Å²) >= 11 is 3.56. The predicted octanol–water partition coefficient (Wildman–Crippen LogP) is 6.52. The van der Waals surface area contributed by atoms with E-state index in [0.29, 0.717) is 23.7 Å². The zero-order valence-corrected chi connectivity index (χ0v) is 22.3. The zero-order valence-electron chi connectivity index (χ0n) is 20.7. The largest absolute Gasteiger partial charge is 0.493 e. The van der Waals surface area contributed by atoms with E-state index in [1.165, 1.54) is 5.56 Å². The molecular weight excluding hydrogens is 518 g/mol. The molecule has 4 aromatic rings. The van der Waals surface area contributed by atoms with Crippen molar-refractivity contribution in [3.63, 3.8) is 0 Å². The number of halogens is 1. The molecule has 0 unspecified atom stereocenters. The summed E-state index contributed by atoms with van der Waals surface area (Å²) in [5.74, 6) is 0.892. The molecule has 184 valence electrons. The highest BCUT2D eigenvalue weighted by Gasteiger charge is 2.11. The van der Waals surface area contributed by atoms with Crippen molar-refractivity contribution < 1.29 is 14.3 Å². The van der Waals surface area contributed by atoms with Gasteiger partial charge in [-0.3, -0.25) is 4.79 Å². The van der Waals surface area contributed by atoms with Gasteiger partial charge < -0.3 is 14.0 Å². The molecule has 3 aromatic carbocycles. The van der Waals surface area contributed by atoms with Crippen molar-refractivity contribution in [1.29, 1.82) is 0 Å². The molecule has 0 atom stereocenters. The molecule has 0 saturated carbocycles. The fourth-order valence-corrected chi connectivity index (χ4v) is 4.25. The Morgan fingerprint density at radius 3 is 2.25 bits per heavy atom. The van der Waals surface area contributed by atoms with Crippen LogP contribution in [-0.2, 0) is 6.61 Å². The number of hydrazone groups is 1. The third kappa shape index (κ3) is 5.86. The number of carbonyl (C=O) groups excluding carboxylic acids is 1. The first-order valence-corrected chi connectivity index (χ1v) is 12.3. The number of ether oxygens (including phenoxy) is 2. The van der Waals surface area contributed by atoms with Crippen LogP contribution in [-0.4, -0.2) is 23.8 Å². The van der Waals surface area contributed by atoms with Gasteiger partial charge in [-0.25, -0.2) is 5.43 Å². The van der Waals surface area contributed by atoms with E-state index < -0.39 is 0 Å². The van der Waals surface area contributed by atoms with Gasteiger partial charge in [0.05, 0.1) is 13.3 Å². The summed E-state index contributed by atoms with van der Waals surface area (Å²) in [6.45, 7) is 6.58. The number of carbonyl (C=O) groups is 1. The van der Waals surface area contributed by atoms with Crippen LogP contribution in [0.1, 0.15) is 38.4 Å². The van der Waals surface area contributed by atoms with Crippen molar-refractivity contribution in [2.45, 2.75) is 27.4 Å². The van der Waals surface area contributed by atoms with Gasteiger partial charge in [0.15, 0.2) is 11.5 Å². The second-order valence-electron chi connectivity index (χ2n) is 8.50. The molecule has 36 heavy (non-hydrogen) atoms. The Kier molecular flexibility index (Phi) is 7.90. The lowest BCUT2D eigenvalue weighted by molar-refractivity contribution is 0.0955. The van der Waals surface area contributed by atoms with Crippen molar-refractivity contribution in [3.8, 4) is 17.2 Å². The maximum Gasteiger partial charge on any atom is 0.271 e. The lowest BCUT2D eigenvalue weighted by Crippen LogP contribution is -2.17. The van der Waals surface area contributed by atoms with Crippen LogP contribution in [0, 0.1) is 20.8 Å². The van der Waals surface area contributed by atoms with E-state index >= 15 is 0 Å². The molecule has 0 radical (unpaired) electrons. The van der Waals surface area contributed by atoms with Gasteiger partial charge in [-0.2, -0.15) is 5.10 Å². The second kappa shape index (κ2) is 11.3. The standard InChI is InChI=1S/C29H28BrN3O3/c1-19-5-9-22(10-6-19)18-36-28-16-26(30)24(15-27(28)35-4)17-31-32-29(34)23-11-13-25(14-12-23)33-20(2)7-8-21(33)3/h5-17H,18H2,1-4H3,(H,32,34)/b31-17-. The molecule has 0 spiro atoms. The number of aromatic nitrogens is 1. The molecule has 0 aliphatic rings. The first-order valence-electron chi connectivity index (χ1n) is 11.5. The SMILES string of the molecule is COc1cc(/C=N\NC(=O)c2ccc(-n3c(C)ccc3C)cc2)c(Br)cc1OCc1ccc(C)cc1. The van der Waals surface area contributed by atoms with E-state index in [0.717, 1.165) is 32.7 Å². The molecular formula is C29H28BrN3O3. The monoisotopic (exact) mass is 545 g/mol. The minimum absolute atomic E-state index is 0.292. The smallest absolute Gasteiger partial charge is 0.271 e. The number of rotatable bonds is 8. The highest BCUT2D eigenvalue weighted by atomic mass is 79.9. The van der Waals surface area contributed by atoms with Crippen LogP contribution in [0.15, 0.2) is 82.4 Å². The quantitative estimate of drug-likeness (QED) is 0.202. The van der Waals surface area contributed by atoms with Crippen molar-refractivity contribution in [2.75, 3.05) is 7.11 Å². The van der Waals surface area contributed by atoms with Crippen molar-refractivity contribution in [3.05, 3.63) is 111 Å². The highest BCUT2D eigenvalue weighted by Crippen LogP contribution is 2.33. The van der Waals surface area contributed by atoms with Gasteiger partial charge >= 0.3 is 0 Å². The summed E-state index contributed by atoms with van der Waals surface area (Å²) < 4.78 is 14.4. The van der Waals surface area contributed by atoms with Gasteiger partial charge in [0.25, 0.3) is 5.91 Å². The molecule has 1 heterocycles. The van der Waals surface area contributed by atoms with Crippen molar-refractivity contribution >= 4 is 28.1 Å². The summed E-state index contributed by atoms with van der Waals surface area (Å²) in [6, 6.07) is 23.4. The summed E-state index contributed by atoms with van der Waals surface area (Å²) in [7, 11) is 1.59. The first kappa shape index (κ1) is 25.3. The Labute approximate surface area is 219 Å². The molecule has 4 rings (SSSR count). The van der Waals surface area contributed by atoms with Crippen LogP contribution in [0.2, 0.25) is 0 Å². The fourth-order valence-electron chi connectivity index (χ4n) is 3.83. The highest BCUT2D eigenvalue weighted by molar-refractivity contribution is 9.10. The van der Waals surface area contributed by atoms with E-state index in [9.17, 15) is 4.79 Å². The second-order valence-corrected chi connectivity index (χ2v) is 9.35. The van der Waals surface area contributed by atoms with Crippen LogP contribution in [0.3, 0.4) is 0 Å². The van der Waals surface area contributed by atoms with E-state index in [4.69, 9.17) is 9.47 Å². The van der Waals surface area contributed by atoms with E-state index in [2.05, 4.69) is 76.1 Å². The van der Waals surface area contributed by atoms with Crippen LogP contribution in [0.5, 0.6) is 11.5 Å². The molecule has 1 amide bonds. The summed E-state index contributed by atoms with van der Waals surface area (Å²) in [5.41, 5.74) is 9.41. The Balaban J connectivity index is 1.41. The maximum absolute atomic E-state index is 12.6. The van der Waals surface area contributed by atoms with Crippen LogP contribution in [0.25, 0.3) is 5.69 Å². The summed E-state index contributed by atoms with van der Waals surface area (Å²) in [6.07, 6.45) is 1.56. The maximum atomic E-state index is 12.6. The normalized spacial score (nSPS) is 11.0. The Bertz CT molecular complexity index is 1370. The summed E-state index contributed by atoms with van der Waals surface area (Å²) in [5, 5.41) is 4.13. The van der Waals surface area contributed by atoms with Gasteiger partial charge in [-0.1, -0.05) is 29.8 Å². The number of nitrogens with one attached hydrogen (secondary N) is 1. The minimum atomic E-state index is -0.292. The zero-order chi connectivity index (χ0) is 25.7. The molecule has 0 fully saturated rings. The fraction of sp³-hybridized carbons (Fsp3) is 0.172. The van der Waals surface area contributed by atoms with Crippen molar-refractivity contribution in [2.24, 2.45) is 5.10 Å². The van der Waals surface area contributed by atoms with E-state index in [-0.39, 0.29) is 5.91 Å². The minimum Gasteiger partial charge on any atom is -0.493 e. The van der Waals surface area contributed by atoms with Gasteiger partial charge in [0, 0.05) is 32.7 Å². The third-order valence-electron chi connectivity index (χ3n) is 5.83. The average Bonchev–Trinajstić information content (AvgIpc) is 3.22. The number of methoxy groups -OCH3 is 1.